The Kier molecular flexibility index (Phi) is 5.26. The standard InChI is InChI=1S/C26H26N2O3/c1-29-23-11-8-18(14-24(23)30-2)25-26-20(12-13-27-25)21-15-19(9-10-22(21)28-26)31-16-17-6-4-3-5-7-17/h3-11,14-15,25,27-28H,12-13,16H2,1-2H3. The van der Waals surface area contributed by atoms with E-state index in [2.05, 4.69) is 40.6 Å². The number of aromatic nitrogens is 1. The molecule has 0 radical (unpaired) electrons. The highest BCUT2D eigenvalue weighted by atomic mass is 16.5. The van der Waals surface area contributed by atoms with Crippen LogP contribution in [0, 0.1) is 0 Å². The number of nitrogens with one attached hydrogen (secondary N) is 2. The van der Waals surface area contributed by atoms with Gasteiger partial charge in [0, 0.05) is 23.1 Å². The van der Waals surface area contributed by atoms with Crippen LogP contribution in [0.5, 0.6) is 17.2 Å². The molecule has 1 unspecified atom stereocenters. The molecule has 5 heteroatoms. The molecule has 2 N–H and O–H groups in total. The summed E-state index contributed by atoms with van der Waals surface area (Å²) in [6, 6.07) is 22.7. The molecule has 4 aromatic rings. The lowest BCUT2D eigenvalue weighted by atomic mass is 9.94. The molecule has 0 fully saturated rings. The van der Waals surface area contributed by atoms with E-state index in [9.17, 15) is 0 Å². The number of rotatable bonds is 6. The molecule has 31 heavy (non-hydrogen) atoms. The molecule has 0 spiro atoms. The van der Waals surface area contributed by atoms with E-state index >= 15 is 0 Å². The van der Waals surface area contributed by atoms with Gasteiger partial charge < -0.3 is 24.5 Å². The quantitative estimate of drug-likeness (QED) is 0.466. The van der Waals surface area contributed by atoms with Gasteiger partial charge in [0.05, 0.1) is 20.3 Å². The van der Waals surface area contributed by atoms with Gasteiger partial charge in [-0.1, -0.05) is 36.4 Å². The summed E-state index contributed by atoms with van der Waals surface area (Å²) in [6.07, 6.45) is 0.973. The zero-order chi connectivity index (χ0) is 21.2. The minimum atomic E-state index is 0.0737. The Bertz CT molecular complexity index is 1200. The predicted octanol–water partition coefficient (Wildman–Crippen LogP) is 5.00. The fourth-order valence-electron chi connectivity index (χ4n) is 4.35. The van der Waals surface area contributed by atoms with Crippen molar-refractivity contribution < 1.29 is 14.2 Å². The maximum atomic E-state index is 6.07. The summed E-state index contributed by atoms with van der Waals surface area (Å²) in [5.74, 6) is 2.36. The van der Waals surface area contributed by atoms with Gasteiger partial charge in [-0.25, -0.2) is 0 Å². The van der Waals surface area contributed by atoms with Crippen LogP contribution in [0.25, 0.3) is 10.9 Å². The Morgan fingerprint density at radius 1 is 0.903 bits per heavy atom. The average molecular weight is 415 g/mol. The number of aromatic amines is 1. The highest BCUT2D eigenvalue weighted by Crippen LogP contribution is 2.37. The molecule has 0 saturated heterocycles. The van der Waals surface area contributed by atoms with E-state index in [1.165, 1.54) is 16.6 Å². The first-order chi connectivity index (χ1) is 15.3. The number of methoxy groups -OCH3 is 2. The van der Waals surface area contributed by atoms with Crippen molar-refractivity contribution in [3.05, 3.63) is 89.1 Å². The van der Waals surface area contributed by atoms with E-state index in [1.54, 1.807) is 14.2 Å². The van der Waals surface area contributed by atoms with Crippen LogP contribution in [0.4, 0.5) is 0 Å². The molecular formula is C26H26N2O3. The Balaban J connectivity index is 1.47. The van der Waals surface area contributed by atoms with Gasteiger partial charge in [0.2, 0.25) is 0 Å². The smallest absolute Gasteiger partial charge is 0.161 e. The Hall–Kier alpha value is -3.44. The van der Waals surface area contributed by atoms with Gasteiger partial charge in [-0.2, -0.15) is 0 Å². The van der Waals surface area contributed by atoms with Crippen LogP contribution >= 0.6 is 0 Å². The molecule has 5 nitrogen and oxygen atoms in total. The van der Waals surface area contributed by atoms with Crippen LogP contribution in [0.1, 0.15) is 28.4 Å². The van der Waals surface area contributed by atoms with Crippen LogP contribution in [-0.2, 0) is 13.0 Å². The van der Waals surface area contributed by atoms with Gasteiger partial charge in [0.1, 0.15) is 12.4 Å². The van der Waals surface area contributed by atoms with E-state index < -0.39 is 0 Å². The first-order valence-corrected chi connectivity index (χ1v) is 10.5. The molecule has 1 aliphatic rings. The number of hydrogen-bond acceptors (Lipinski definition) is 4. The monoisotopic (exact) mass is 414 g/mol. The van der Waals surface area contributed by atoms with Gasteiger partial charge in [-0.05, 0) is 53.4 Å². The minimum Gasteiger partial charge on any atom is -0.493 e. The van der Waals surface area contributed by atoms with Crippen LogP contribution < -0.4 is 19.5 Å². The molecule has 1 atom stereocenters. The van der Waals surface area contributed by atoms with E-state index in [0.717, 1.165) is 46.9 Å². The van der Waals surface area contributed by atoms with Crippen molar-refractivity contribution in [2.45, 2.75) is 19.1 Å². The number of ether oxygens (including phenoxy) is 3. The molecule has 158 valence electrons. The maximum absolute atomic E-state index is 6.07. The number of H-pyrrole nitrogens is 1. The van der Waals surface area contributed by atoms with Crippen molar-refractivity contribution >= 4 is 10.9 Å². The molecule has 0 bridgehead atoms. The molecule has 1 aromatic heterocycles. The summed E-state index contributed by atoms with van der Waals surface area (Å²) in [4.78, 5) is 3.64. The van der Waals surface area contributed by atoms with Crippen LogP contribution in [0.3, 0.4) is 0 Å². The lowest BCUT2D eigenvalue weighted by Gasteiger charge is -2.25. The minimum absolute atomic E-state index is 0.0737. The van der Waals surface area contributed by atoms with E-state index in [-0.39, 0.29) is 6.04 Å². The third-order valence-corrected chi connectivity index (χ3v) is 5.91. The average Bonchev–Trinajstić information content (AvgIpc) is 3.21. The van der Waals surface area contributed by atoms with Crippen LogP contribution in [0.15, 0.2) is 66.7 Å². The summed E-state index contributed by atoms with van der Waals surface area (Å²) in [7, 11) is 3.32. The van der Waals surface area contributed by atoms with Crippen molar-refractivity contribution in [2.24, 2.45) is 0 Å². The topological polar surface area (TPSA) is 55.5 Å². The third-order valence-electron chi connectivity index (χ3n) is 5.91. The normalized spacial score (nSPS) is 15.5. The van der Waals surface area contributed by atoms with E-state index in [1.807, 2.05) is 36.4 Å². The zero-order valence-electron chi connectivity index (χ0n) is 17.8. The lowest BCUT2D eigenvalue weighted by molar-refractivity contribution is 0.306. The van der Waals surface area contributed by atoms with Crippen LogP contribution in [-0.4, -0.2) is 25.7 Å². The van der Waals surface area contributed by atoms with E-state index in [0.29, 0.717) is 6.61 Å². The Morgan fingerprint density at radius 3 is 2.55 bits per heavy atom. The molecule has 0 amide bonds. The summed E-state index contributed by atoms with van der Waals surface area (Å²) < 4.78 is 17.0. The van der Waals surface area contributed by atoms with Gasteiger partial charge in [-0.3, -0.25) is 0 Å². The molecule has 1 aliphatic heterocycles. The summed E-state index contributed by atoms with van der Waals surface area (Å²) in [5.41, 5.74) is 5.99. The molecule has 0 aliphatic carbocycles. The van der Waals surface area contributed by atoms with Gasteiger partial charge in [0.15, 0.2) is 11.5 Å². The maximum Gasteiger partial charge on any atom is 0.161 e. The van der Waals surface area contributed by atoms with Gasteiger partial charge >= 0.3 is 0 Å². The number of fused-ring (bicyclic) bond motifs is 3. The summed E-state index contributed by atoms with van der Waals surface area (Å²) in [5, 5.41) is 4.87. The van der Waals surface area contributed by atoms with Crippen molar-refractivity contribution in [3.8, 4) is 17.2 Å². The van der Waals surface area contributed by atoms with Gasteiger partial charge in [0.25, 0.3) is 0 Å². The second-order valence-corrected chi connectivity index (χ2v) is 7.75. The Morgan fingerprint density at radius 2 is 1.74 bits per heavy atom. The van der Waals surface area contributed by atoms with Crippen LogP contribution in [0.2, 0.25) is 0 Å². The fourth-order valence-corrected chi connectivity index (χ4v) is 4.35. The first kappa shape index (κ1) is 19.5. The predicted molar refractivity (Wildman–Crippen MR) is 122 cm³/mol. The highest BCUT2D eigenvalue weighted by molar-refractivity contribution is 5.86. The third kappa shape index (κ3) is 3.73. The van der Waals surface area contributed by atoms with Crippen molar-refractivity contribution in [2.75, 3.05) is 20.8 Å². The second-order valence-electron chi connectivity index (χ2n) is 7.75. The van der Waals surface area contributed by atoms with Crippen molar-refractivity contribution in [1.82, 2.24) is 10.3 Å². The number of benzene rings is 3. The molecule has 0 saturated carbocycles. The summed E-state index contributed by atoms with van der Waals surface area (Å²) in [6.45, 7) is 1.48. The SMILES string of the molecule is COc1ccc(C2NCCc3c2[nH]c2ccc(OCc4ccccc4)cc32)cc1OC. The molecular weight excluding hydrogens is 388 g/mol. The van der Waals surface area contributed by atoms with E-state index in [4.69, 9.17) is 14.2 Å². The van der Waals surface area contributed by atoms with Gasteiger partial charge in [-0.15, -0.1) is 0 Å². The fraction of sp³-hybridized carbons (Fsp3) is 0.231. The molecule has 3 aromatic carbocycles. The largest absolute Gasteiger partial charge is 0.493 e. The first-order valence-electron chi connectivity index (χ1n) is 10.5. The second kappa shape index (κ2) is 8.36. The highest BCUT2D eigenvalue weighted by Gasteiger charge is 2.26. The Labute approximate surface area is 182 Å². The lowest BCUT2D eigenvalue weighted by Crippen LogP contribution is -2.30. The molecule has 2 heterocycles. The molecule has 5 rings (SSSR count). The zero-order valence-corrected chi connectivity index (χ0v) is 17.8. The van der Waals surface area contributed by atoms with Crippen molar-refractivity contribution in [1.29, 1.82) is 0 Å². The number of hydrogen-bond donors (Lipinski definition) is 2. The van der Waals surface area contributed by atoms with Crippen molar-refractivity contribution in [3.63, 3.8) is 0 Å². The summed E-state index contributed by atoms with van der Waals surface area (Å²) >= 11 is 0.